The highest BCUT2D eigenvalue weighted by Crippen LogP contribution is 2.28. The molecule has 2 fully saturated rings. The lowest BCUT2D eigenvalue weighted by Crippen LogP contribution is -2.44. The molecule has 5 heteroatoms. The van der Waals surface area contributed by atoms with Gasteiger partial charge in [0, 0.05) is 10.9 Å². The van der Waals surface area contributed by atoms with Crippen LogP contribution >= 0.6 is 15.9 Å². The van der Waals surface area contributed by atoms with Crippen LogP contribution in [0.1, 0.15) is 57.8 Å². The van der Waals surface area contributed by atoms with Gasteiger partial charge in [0.15, 0.2) is 0 Å². The molecule has 2 aliphatic carbocycles. The highest BCUT2D eigenvalue weighted by molar-refractivity contribution is 9.09. The number of halogens is 1. The van der Waals surface area contributed by atoms with Crippen LogP contribution in [0.5, 0.6) is 0 Å². The van der Waals surface area contributed by atoms with E-state index in [1.165, 1.54) is 12.8 Å². The lowest BCUT2D eigenvalue weighted by molar-refractivity contribution is 0.511. The van der Waals surface area contributed by atoms with Gasteiger partial charge in [0.25, 0.3) is 0 Å². The molecule has 0 heterocycles. The summed E-state index contributed by atoms with van der Waals surface area (Å²) in [5.41, 5.74) is 0. The average Bonchev–Trinajstić information content (AvgIpc) is 2.74. The predicted molar refractivity (Wildman–Crippen MR) is 73.9 cm³/mol. The van der Waals surface area contributed by atoms with Crippen LogP contribution in [0, 0.1) is 0 Å². The van der Waals surface area contributed by atoms with E-state index >= 15 is 0 Å². The van der Waals surface area contributed by atoms with Gasteiger partial charge in [-0.25, -0.2) is 13.1 Å². The Labute approximate surface area is 113 Å². The van der Waals surface area contributed by atoms with Crippen molar-refractivity contribution in [2.24, 2.45) is 0 Å². The van der Waals surface area contributed by atoms with Gasteiger partial charge in [-0.05, 0) is 25.7 Å². The molecule has 0 aromatic heterocycles. The maximum Gasteiger partial charge on any atom is 0.214 e. The number of alkyl halides is 1. The summed E-state index contributed by atoms with van der Waals surface area (Å²) in [6.45, 7) is 0. The summed E-state index contributed by atoms with van der Waals surface area (Å²) in [6, 6.07) is 0.100. The Kier molecular flexibility index (Phi) is 4.89. The third kappa shape index (κ3) is 3.67. The zero-order chi connectivity index (χ0) is 12.3. The summed E-state index contributed by atoms with van der Waals surface area (Å²) in [7, 11) is -3.09. The lowest BCUT2D eigenvalue weighted by Gasteiger charge is -2.23. The Morgan fingerprint density at radius 1 is 0.882 bits per heavy atom. The molecule has 0 amide bonds. The standard InChI is InChI=1S/C12H22BrNO2S/c13-11-8-2-1-3-9-12(11)14-17(15,16)10-6-4-5-7-10/h10-12,14H,1-9H2. The summed E-state index contributed by atoms with van der Waals surface area (Å²) < 4.78 is 27.4. The van der Waals surface area contributed by atoms with Gasteiger partial charge in [-0.3, -0.25) is 0 Å². The number of sulfonamides is 1. The second kappa shape index (κ2) is 6.02. The van der Waals surface area contributed by atoms with Crippen molar-refractivity contribution in [3.8, 4) is 0 Å². The van der Waals surface area contributed by atoms with E-state index in [9.17, 15) is 8.42 Å². The molecule has 2 rings (SSSR count). The molecule has 100 valence electrons. The first-order valence-corrected chi connectivity index (χ1v) is 9.21. The van der Waals surface area contributed by atoms with E-state index in [4.69, 9.17) is 0 Å². The summed E-state index contributed by atoms with van der Waals surface area (Å²) in [6.07, 6.45) is 9.44. The fraction of sp³-hybridized carbons (Fsp3) is 1.00. The molecule has 2 aliphatic rings. The van der Waals surface area contributed by atoms with E-state index in [-0.39, 0.29) is 11.3 Å². The zero-order valence-electron chi connectivity index (χ0n) is 10.2. The average molecular weight is 324 g/mol. The molecule has 0 radical (unpaired) electrons. The third-order valence-corrected chi connectivity index (χ3v) is 7.06. The van der Waals surface area contributed by atoms with Crippen molar-refractivity contribution in [2.75, 3.05) is 0 Å². The van der Waals surface area contributed by atoms with Crippen LogP contribution in [0.15, 0.2) is 0 Å². The summed E-state index contributed by atoms with van der Waals surface area (Å²) in [4.78, 5) is 0.307. The third-order valence-electron chi connectivity index (χ3n) is 3.99. The normalized spacial score (nSPS) is 32.5. The Hall–Kier alpha value is 0.390. The predicted octanol–water partition coefficient (Wildman–Crippen LogP) is 2.94. The summed E-state index contributed by atoms with van der Waals surface area (Å²) in [5, 5.41) is -0.134. The van der Waals surface area contributed by atoms with E-state index in [1.807, 2.05) is 0 Å². The van der Waals surface area contributed by atoms with Crippen LogP contribution in [-0.4, -0.2) is 24.5 Å². The van der Waals surface area contributed by atoms with Gasteiger partial charge >= 0.3 is 0 Å². The lowest BCUT2D eigenvalue weighted by atomic mass is 10.1. The van der Waals surface area contributed by atoms with Gasteiger partial charge in [-0.2, -0.15) is 0 Å². The molecule has 0 bridgehead atoms. The van der Waals surface area contributed by atoms with Crippen molar-refractivity contribution in [2.45, 2.75) is 73.9 Å². The maximum absolute atomic E-state index is 12.2. The van der Waals surface area contributed by atoms with Crippen molar-refractivity contribution in [3.05, 3.63) is 0 Å². The molecule has 1 N–H and O–H groups in total. The second-order valence-corrected chi connectivity index (χ2v) is 8.50. The molecule has 17 heavy (non-hydrogen) atoms. The number of nitrogens with one attached hydrogen (secondary N) is 1. The van der Waals surface area contributed by atoms with Gasteiger partial charge in [0.05, 0.1) is 5.25 Å². The molecule has 2 unspecified atom stereocenters. The Morgan fingerprint density at radius 2 is 1.47 bits per heavy atom. The number of hydrogen-bond acceptors (Lipinski definition) is 2. The first kappa shape index (κ1) is 13.8. The molecule has 2 saturated carbocycles. The van der Waals surface area contributed by atoms with Crippen LogP contribution in [0.2, 0.25) is 0 Å². The molecule has 0 saturated heterocycles. The van der Waals surface area contributed by atoms with Crippen molar-refractivity contribution in [1.29, 1.82) is 0 Å². The smallest absolute Gasteiger partial charge is 0.212 e. The quantitative estimate of drug-likeness (QED) is 0.641. The van der Waals surface area contributed by atoms with Crippen molar-refractivity contribution in [1.82, 2.24) is 4.72 Å². The van der Waals surface area contributed by atoms with Crippen LogP contribution in [0.3, 0.4) is 0 Å². The molecule has 0 spiro atoms. The van der Waals surface area contributed by atoms with Gasteiger partial charge in [0.2, 0.25) is 10.0 Å². The minimum atomic E-state index is -3.09. The Balaban J connectivity index is 1.98. The Morgan fingerprint density at radius 3 is 2.18 bits per heavy atom. The van der Waals surface area contributed by atoms with Crippen molar-refractivity contribution in [3.63, 3.8) is 0 Å². The molecule has 2 atom stereocenters. The number of rotatable bonds is 3. The van der Waals surface area contributed by atoms with E-state index < -0.39 is 10.0 Å². The molecular weight excluding hydrogens is 302 g/mol. The zero-order valence-corrected chi connectivity index (χ0v) is 12.6. The van der Waals surface area contributed by atoms with Crippen molar-refractivity contribution >= 4 is 26.0 Å². The molecule has 3 nitrogen and oxygen atoms in total. The minimum Gasteiger partial charge on any atom is -0.212 e. The highest BCUT2D eigenvalue weighted by atomic mass is 79.9. The van der Waals surface area contributed by atoms with Crippen LogP contribution < -0.4 is 4.72 Å². The Bertz CT molecular complexity index is 338. The maximum atomic E-state index is 12.2. The monoisotopic (exact) mass is 323 g/mol. The van der Waals surface area contributed by atoms with E-state index in [2.05, 4.69) is 20.7 Å². The summed E-state index contributed by atoms with van der Waals surface area (Å²) >= 11 is 3.64. The fourth-order valence-corrected chi connectivity index (χ4v) is 5.65. The van der Waals surface area contributed by atoms with E-state index in [0.29, 0.717) is 4.83 Å². The van der Waals surface area contributed by atoms with Crippen LogP contribution in [-0.2, 0) is 10.0 Å². The van der Waals surface area contributed by atoms with E-state index in [0.717, 1.165) is 44.9 Å². The minimum absolute atomic E-state index is 0.100. The second-order valence-electron chi connectivity index (χ2n) is 5.33. The summed E-state index contributed by atoms with van der Waals surface area (Å²) in [5.74, 6) is 0. The van der Waals surface area contributed by atoms with Gasteiger partial charge in [-0.1, -0.05) is 48.0 Å². The largest absolute Gasteiger partial charge is 0.214 e. The first-order valence-electron chi connectivity index (χ1n) is 6.75. The van der Waals surface area contributed by atoms with Crippen LogP contribution in [0.4, 0.5) is 0 Å². The topological polar surface area (TPSA) is 46.2 Å². The fourth-order valence-electron chi connectivity index (χ4n) is 2.90. The number of hydrogen-bond donors (Lipinski definition) is 1. The SMILES string of the molecule is O=S(=O)(NC1CCCCCC1Br)C1CCCC1. The molecule has 0 aromatic carbocycles. The van der Waals surface area contributed by atoms with Gasteiger partial charge in [-0.15, -0.1) is 0 Å². The van der Waals surface area contributed by atoms with Crippen LogP contribution in [0.25, 0.3) is 0 Å². The molecule has 0 aromatic rings. The molecule has 0 aliphatic heterocycles. The van der Waals surface area contributed by atoms with E-state index in [1.54, 1.807) is 0 Å². The first-order chi connectivity index (χ1) is 8.09. The van der Waals surface area contributed by atoms with Gasteiger partial charge in [0.1, 0.15) is 0 Å². The molecular formula is C12H22BrNO2S. The highest BCUT2D eigenvalue weighted by Gasteiger charge is 2.32. The van der Waals surface area contributed by atoms with Gasteiger partial charge < -0.3 is 0 Å². The van der Waals surface area contributed by atoms with Crippen molar-refractivity contribution < 1.29 is 8.42 Å².